The molecule has 1 atom stereocenters. The molecule has 1 aliphatic heterocycles. The summed E-state index contributed by atoms with van der Waals surface area (Å²) in [6, 6.07) is 7.50. The highest BCUT2D eigenvalue weighted by molar-refractivity contribution is 5.76. The number of piperazine rings is 1. The van der Waals surface area contributed by atoms with Crippen LogP contribution in [-0.4, -0.2) is 48.1 Å². The van der Waals surface area contributed by atoms with E-state index in [9.17, 15) is 9.90 Å². The van der Waals surface area contributed by atoms with Crippen LogP contribution in [0.4, 0.5) is 5.69 Å². The van der Waals surface area contributed by atoms with Crippen molar-refractivity contribution in [3.05, 3.63) is 24.3 Å². The minimum Gasteiger partial charge on any atom is -0.506 e. The Balaban J connectivity index is 1.80. The summed E-state index contributed by atoms with van der Waals surface area (Å²) in [5, 5.41) is 9.87. The lowest BCUT2D eigenvalue weighted by Crippen LogP contribution is -2.48. The fourth-order valence-electron chi connectivity index (χ4n) is 2.66. The Morgan fingerprint density at radius 2 is 1.95 bits per heavy atom. The second-order valence-corrected chi connectivity index (χ2v) is 5.73. The van der Waals surface area contributed by atoms with Crippen LogP contribution in [0.5, 0.6) is 5.75 Å². The van der Waals surface area contributed by atoms with Crippen LogP contribution >= 0.6 is 0 Å². The van der Waals surface area contributed by atoms with E-state index >= 15 is 0 Å². The molecule has 1 heterocycles. The summed E-state index contributed by atoms with van der Waals surface area (Å²) in [7, 11) is 0. The van der Waals surface area contributed by atoms with Gasteiger partial charge in [-0.25, -0.2) is 0 Å². The molecule has 0 aromatic heterocycles. The molecule has 3 N–H and O–H groups in total. The molecule has 5 nitrogen and oxygen atoms in total. The maximum atomic E-state index is 12.1. The molecule has 116 valence electrons. The van der Waals surface area contributed by atoms with Crippen molar-refractivity contribution in [2.75, 3.05) is 31.1 Å². The third kappa shape index (κ3) is 4.36. The lowest BCUT2D eigenvalue weighted by atomic mass is 10.1. The SMILES string of the molecule is CC(N)CCCC(=O)N1CCN(c2ccccc2O)CC1. The number of aromatic hydroxyl groups is 1. The highest BCUT2D eigenvalue weighted by Crippen LogP contribution is 2.27. The Labute approximate surface area is 126 Å². The van der Waals surface area contributed by atoms with E-state index < -0.39 is 0 Å². The van der Waals surface area contributed by atoms with Crippen LogP contribution in [0.1, 0.15) is 26.2 Å². The van der Waals surface area contributed by atoms with Gasteiger partial charge < -0.3 is 20.6 Å². The van der Waals surface area contributed by atoms with E-state index in [1.165, 1.54) is 0 Å². The van der Waals surface area contributed by atoms with E-state index in [4.69, 9.17) is 5.73 Å². The minimum absolute atomic E-state index is 0.163. The van der Waals surface area contributed by atoms with Gasteiger partial charge in [-0.15, -0.1) is 0 Å². The number of amides is 1. The zero-order chi connectivity index (χ0) is 15.2. The van der Waals surface area contributed by atoms with Gasteiger partial charge in [0, 0.05) is 38.6 Å². The molecule has 1 unspecified atom stereocenters. The molecule has 1 aromatic rings. The lowest BCUT2D eigenvalue weighted by molar-refractivity contribution is -0.131. The first kappa shape index (κ1) is 15.6. The van der Waals surface area contributed by atoms with Gasteiger partial charge >= 0.3 is 0 Å². The van der Waals surface area contributed by atoms with E-state index in [1.54, 1.807) is 6.07 Å². The van der Waals surface area contributed by atoms with Gasteiger partial charge in [0.1, 0.15) is 5.75 Å². The number of hydrogen-bond donors (Lipinski definition) is 2. The van der Waals surface area contributed by atoms with E-state index in [-0.39, 0.29) is 11.9 Å². The molecule has 0 spiro atoms. The van der Waals surface area contributed by atoms with Crippen molar-refractivity contribution < 1.29 is 9.90 Å². The maximum Gasteiger partial charge on any atom is 0.222 e. The first-order chi connectivity index (χ1) is 10.1. The Morgan fingerprint density at radius 1 is 1.29 bits per heavy atom. The van der Waals surface area contributed by atoms with Crippen LogP contribution in [0.2, 0.25) is 0 Å². The molecule has 21 heavy (non-hydrogen) atoms. The zero-order valence-corrected chi connectivity index (χ0v) is 12.7. The molecule has 5 heteroatoms. The normalized spacial score (nSPS) is 16.9. The van der Waals surface area contributed by atoms with Crippen LogP contribution in [-0.2, 0) is 4.79 Å². The van der Waals surface area contributed by atoms with Crippen LogP contribution in [0.25, 0.3) is 0 Å². The molecule has 0 bridgehead atoms. The number of rotatable bonds is 5. The molecule has 0 saturated carbocycles. The number of hydrogen-bond acceptors (Lipinski definition) is 4. The highest BCUT2D eigenvalue weighted by Gasteiger charge is 2.22. The van der Waals surface area contributed by atoms with Gasteiger partial charge in [0.2, 0.25) is 5.91 Å². The summed E-state index contributed by atoms with van der Waals surface area (Å²) in [6.07, 6.45) is 2.33. The summed E-state index contributed by atoms with van der Waals surface area (Å²) in [5.74, 6) is 0.516. The molecule has 1 saturated heterocycles. The van der Waals surface area contributed by atoms with Gasteiger partial charge in [-0.3, -0.25) is 4.79 Å². The van der Waals surface area contributed by atoms with Crippen molar-refractivity contribution in [1.29, 1.82) is 0 Å². The first-order valence-corrected chi connectivity index (χ1v) is 7.64. The topological polar surface area (TPSA) is 69.8 Å². The van der Waals surface area contributed by atoms with Gasteiger partial charge in [0.25, 0.3) is 0 Å². The quantitative estimate of drug-likeness (QED) is 0.864. The number of para-hydroxylation sites is 2. The molecule has 0 aliphatic carbocycles. The van der Waals surface area contributed by atoms with Crippen molar-refractivity contribution in [2.45, 2.75) is 32.2 Å². The summed E-state index contributed by atoms with van der Waals surface area (Å²) < 4.78 is 0. The zero-order valence-electron chi connectivity index (χ0n) is 12.7. The summed E-state index contributed by atoms with van der Waals surface area (Å²) in [6.45, 7) is 4.92. The second-order valence-electron chi connectivity index (χ2n) is 5.73. The van der Waals surface area contributed by atoms with Crippen LogP contribution in [0, 0.1) is 0 Å². The predicted octanol–water partition coefficient (Wildman–Crippen LogP) is 1.56. The molecular weight excluding hydrogens is 266 g/mol. The molecule has 0 radical (unpaired) electrons. The smallest absolute Gasteiger partial charge is 0.222 e. The van der Waals surface area contributed by atoms with E-state index in [1.807, 2.05) is 30.0 Å². The van der Waals surface area contributed by atoms with E-state index in [0.29, 0.717) is 25.3 Å². The molecular formula is C16H25N3O2. The first-order valence-electron chi connectivity index (χ1n) is 7.64. The number of carbonyl (C=O) groups excluding carboxylic acids is 1. The predicted molar refractivity (Wildman–Crippen MR) is 84.4 cm³/mol. The summed E-state index contributed by atoms with van der Waals surface area (Å²) >= 11 is 0. The van der Waals surface area contributed by atoms with Crippen molar-refractivity contribution in [1.82, 2.24) is 4.90 Å². The third-order valence-corrected chi connectivity index (χ3v) is 3.90. The maximum absolute atomic E-state index is 12.1. The minimum atomic E-state index is 0.163. The molecule has 2 rings (SSSR count). The standard InChI is InChI=1S/C16H25N3O2/c1-13(17)5-4-8-16(21)19-11-9-18(10-12-19)14-6-2-3-7-15(14)20/h2-3,6-7,13,20H,4-5,8-12,17H2,1H3. The average Bonchev–Trinajstić information content (AvgIpc) is 2.47. The number of nitrogens with zero attached hydrogens (tertiary/aromatic N) is 2. The third-order valence-electron chi connectivity index (χ3n) is 3.90. The number of phenolic OH excluding ortho intramolecular Hbond substituents is 1. The Morgan fingerprint density at radius 3 is 2.57 bits per heavy atom. The van der Waals surface area contributed by atoms with Gasteiger partial charge in [0.15, 0.2) is 0 Å². The Bertz CT molecular complexity index is 468. The van der Waals surface area contributed by atoms with Crippen LogP contribution in [0.15, 0.2) is 24.3 Å². The number of benzene rings is 1. The largest absolute Gasteiger partial charge is 0.506 e. The monoisotopic (exact) mass is 291 g/mol. The lowest BCUT2D eigenvalue weighted by Gasteiger charge is -2.36. The number of nitrogens with two attached hydrogens (primary N) is 1. The number of phenols is 1. The fraction of sp³-hybridized carbons (Fsp3) is 0.562. The average molecular weight is 291 g/mol. The molecule has 1 aliphatic rings. The Hall–Kier alpha value is -1.75. The van der Waals surface area contributed by atoms with E-state index in [2.05, 4.69) is 4.90 Å². The Kier molecular flexibility index (Phi) is 5.44. The number of anilines is 1. The van der Waals surface area contributed by atoms with Crippen LogP contribution < -0.4 is 10.6 Å². The summed E-state index contributed by atoms with van der Waals surface area (Å²) in [5.41, 5.74) is 6.55. The van der Waals surface area contributed by atoms with Gasteiger partial charge in [-0.1, -0.05) is 12.1 Å². The van der Waals surface area contributed by atoms with Gasteiger partial charge in [-0.2, -0.15) is 0 Å². The van der Waals surface area contributed by atoms with Gasteiger partial charge in [0.05, 0.1) is 5.69 Å². The van der Waals surface area contributed by atoms with Crippen molar-refractivity contribution in [2.24, 2.45) is 5.73 Å². The van der Waals surface area contributed by atoms with Crippen molar-refractivity contribution in [3.63, 3.8) is 0 Å². The summed E-state index contributed by atoms with van der Waals surface area (Å²) in [4.78, 5) is 16.1. The molecule has 1 fully saturated rings. The number of carbonyl (C=O) groups is 1. The van der Waals surface area contributed by atoms with Gasteiger partial charge in [-0.05, 0) is 31.9 Å². The van der Waals surface area contributed by atoms with E-state index in [0.717, 1.165) is 31.6 Å². The van der Waals surface area contributed by atoms with Crippen molar-refractivity contribution in [3.8, 4) is 5.75 Å². The van der Waals surface area contributed by atoms with Crippen molar-refractivity contribution >= 4 is 11.6 Å². The van der Waals surface area contributed by atoms with Crippen LogP contribution in [0.3, 0.4) is 0 Å². The fourth-order valence-corrected chi connectivity index (χ4v) is 2.66. The second kappa shape index (κ2) is 7.31. The highest BCUT2D eigenvalue weighted by atomic mass is 16.3. The molecule has 1 aromatic carbocycles. The molecule has 1 amide bonds.